The Labute approximate surface area is 219 Å². The molecular formula is C22H46O8S2Si2. The number of carbonyl (C=O) groups excluding carboxylic acids is 2. The van der Waals surface area contributed by atoms with Crippen molar-refractivity contribution in [1.29, 1.82) is 0 Å². The lowest BCUT2D eigenvalue weighted by atomic mass is 9.87. The third kappa shape index (κ3) is 12.5. The third-order valence-electron chi connectivity index (χ3n) is 5.30. The van der Waals surface area contributed by atoms with Crippen LogP contribution in [0.3, 0.4) is 0 Å². The molecule has 0 fully saturated rings. The van der Waals surface area contributed by atoms with E-state index in [9.17, 15) is 9.59 Å². The first kappa shape index (κ1) is 34.2. The van der Waals surface area contributed by atoms with E-state index in [4.69, 9.17) is 26.6 Å². The summed E-state index contributed by atoms with van der Waals surface area (Å²) in [6.07, 6.45) is 2.20. The van der Waals surface area contributed by atoms with Crippen molar-refractivity contribution in [1.82, 2.24) is 0 Å². The standard InChI is InChI=1S/C22H46O8S2Si2/c1-7-25-33(26-8-2,27-9-3)17-13-15-19(21(23)31)20(22(24)32)16-14-18-34(28-10-4,29-11-5)30-12-6/h19-20H,7-18H2,1-6H3,(H,23,31)(H,24,32). The molecular weight excluding hydrogens is 513 g/mol. The number of rotatable bonds is 23. The van der Waals surface area contributed by atoms with E-state index in [0.29, 0.717) is 77.4 Å². The summed E-state index contributed by atoms with van der Waals surface area (Å²) in [5, 5.41) is -0.626. The minimum Gasteiger partial charge on any atom is -0.374 e. The maximum absolute atomic E-state index is 12.4. The largest absolute Gasteiger partial charge is 0.500 e. The molecule has 0 saturated heterocycles. The molecule has 0 rings (SSSR count). The molecule has 202 valence electrons. The molecule has 12 heteroatoms. The molecule has 2 atom stereocenters. The second-order valence-electron chi connectivity index (χ2n) is 7.64. The third-order valence-corrected chi connectivity index (χ3v) is 12.3. The summed E-state index contributed by atoms with van der Waals surface area (Å²) in [7, 11) is -5.64. The van der Waals surface area contributed by atoms with E-state index in [1.807, 2.05) is 41.5 Å². The highest BCUT2D eigenvalue weighted by molar-refractivity contribution is 7.97. The second-order valence-corrected chi connectivity index (χ2v) is 14.0. The molecule has 0 aromatic heterocycles. The van der Waals surface area contributed by atoms with Crippen LogP contribution in [0, 0.1) is 11.8 Å². The molecule has 8 nitrogen and oxygen atoms in total. The Bertz CT molecular complexity index is 489. The molecule has 0 radical (unpaired) electrons. The van der Waals surface area contributed by atoms with Crippen LogP contribution in [0.2, 0.25) is 12.1 Å². The van der Waals surface area contributed by atoms with Crippen molar-refractivity contribution in [2.45, 2.75) is 79.3 Å². The zero-order chi connectivity index (χ0) is 26.0. The van der Waals surface area contributed by atoms with E-state index in [1.165, 1.54) is 0 Å². The molecule has 34 heavy (non-hydrogen) atoms. The van der Waals surface area contributed by atoms with Gasteiger partial charge in [0.15, 0.2) is 10.2 Å². The normalized spacial score (nSPS) is 14.2. The molecule has 0 aliphatic rings. The summed E-state index contributed by atoms with van der Waals surface area (Å²) in [5.74, 6) is -1.10. The van der Waals surface area contributed by atoms with Gasteiger partial charge in [0.2, 0.25) is 0 Å². The van der Waals surface area contributed by atoms with Gasteiger partial charge >= 0.3 is 17.6 Å². The zero-order valence-corrected chi connectivity index (χ0v) is 25.6. The van der Waals surface area contributed by atoms with Gasteiger partial charge in [0.1, 0.15) is 0 Å². The molecule has 2 unspecified atom stereocenters. The van der Waals surface area contributed by atoms with Gasteiger partial charge in [-0.2, -0.15) is 0 Å². The van der Waals surface area contributed by atoms with Crippen molar-refractivity contribution < 1.29 is 36.1 Å². The fraction of sp³-hybridized carbons (Fsp3) is 0.909. The number of carbonyl (C=O) groups is 2. The second kappa shape index (κ2) is 19.4. The first-order valence-corrected chi connectivity index (χ1v) is 17.2. The molecule has 0 heterocycles. The Balaban J connectivity index is 5.31. The summed E-state index contributed by atoms with van der Waals surface area (Å²) >= 11 is 8.21. The summed E-state index contributed by atoms with van der Waals surface area (Å²) < 4.78 is 35.4. The molecule has 0 aromatic rings. The molecule has 0 N–H and O–H groups in total. The lowest BCUT2D eigenvalue weighted by molar-refractivity contribution is -0.123. The monoisotopic (exact) mass is 558 g/mol. The maximum atomic E-state index is 12.4. The highest BCUT2D eigenvalue weighted by Crippen LogP contribution is 2.31. The first-order chi connectivity index (χ1) is 16.2. The lowest BCUT2D eigenvalue weighted by Gasteiger charge is -2.30. The van der Waals surface area contributed by atoms with Crippen LogP contribution in [0.15, 0.2) is 0 Å². The Morgan fingerprint density at radius 2 is 0.794 bits per heavy atom. The molecule has 0 aromatic carbocycles. The summed E-state index contributed by atoms with van der Waals surface area (Å²) in [5.41, 5.74) is 0. The van der Waals surface area contributed by atoms with Gasteiger partial charge in [0.25, 0.3) is 0 Å². The van der Waals surface area contributed by atoms with Gasteiger partial charge in [-0.25, -0.2) is 0 Å². The average Bonchev–Trinajstić information content (AvgIpc) is 2.76. The van der Waals surface area contributed by atoms with Crippen LogP contribution in [0.1, 0.15) is 67.2 Å². The predicted octanol–water partition coefficient (Wildman–Crippen LogP) is 4.79. The van der Waals surface area contributed by atoms with Crippen LogP contribution < -0.4 is 0 Å². The van der Waals surface area contributed by atoms with Gasteiger partial charge in [-0.05, 0) is 67.2 Å². The van der Waals surface area contributed by atoms with Crippen molar-refractivity contribution in [2.24, 2.45) is 11.8 Å². The fourth-order valence-corrected chi connectivity index (χ4v) is 9.97. The highest BCUT2D eigenvalue weighted by atomic mass is 32.1. The molecule has 0 saturated carbocycles. The van der Waals surface area contributed by atoms with Crippen LogP contribution >= 0.6 is 25.3 Å². The molecule has 0 aliphatic heterocycles. The topological polar surface area (TPSA) is 89.5 Å². The number of hydrogen-bond donors (Lipinski definition) is 2. The van der Waals surface area contributed by atoms with Crippen molar-refractivity contribution >= 4 is 53.1 Å². The summed E-state index contributed by atoms with van der Waals surface area (Å²) in [6, 6.07) is 1.14. The van der Waals surface area contributed by atoms with E-state index < -0.39 is 29.4 Å². The highest BCUT2D eigenvalue weighted by Gasteiger charge is 2.42. The van der Waals surface area contributed by atoms with Crippen molar-refractivity contribution in [3.8, 4) is 0 Å². The fourth-order valence-electron chi connectivity index (χ4n) is 4.07. The SMILES string of the molecule is CCO[Si](CCCC(C(=O)S)C(CCC[Si](OCC)(OCC)OCC)C(=O)S)(OCC)OCC. The van der Waals surface area contributed by atoms with Crippen LogP contribution in [0.25, 0.3) is 0 Å². The molecule has 0 bridgehead atoms. The predicted molar refractivity (Wildman–Crippen MR) is 144 cm³/mol. The van der Waals surface area contributed by atoms with Gasteiger partial charge in [-0.15, -0.1) is 25.3 Å². The minimum atomic E-state index is -2.82. The maximum Gasteiger partial charge on any atom is 0.500 e. The van der Waals surface area contributed by atoms with E-state index in [1.54, 1.807) is 0 Å². The Morgan fingerprint density at radius 3 is 0.971 bits per heavy atom. The Morgan fingerprint density at radius 1 is 0.559 bits per heavy atom. The summed E-state index contributed by atoms with van der Waals surface area (Å²) in [4.78, 5) is 24.8. The van der Waals surface area contributed by atoms with Gasteiger partial charge in [0.05, 0.1) is 0 Å². The molecule has 0 aliphatic carbocycles. The first-order valence-electron chi connectivity index (χ1n) is 12.5. The van der Waals surface area contributed by atoms with Crippen LogP contribution in [-0.2, 0) is 36.1 Å². The Kier molecular flexibility index (Phi) is 19.5. The van der Waals surface area contributed by atoms with E-state index in [-0.39, 0.29) is 10.2 Å². The smallest absolute Gasteiger partial charge is 0.374 e. The molecule has 0 spiro atoms. The van der Waals surface area contributed by atoms with Crippen LogP contribution in [-0.4, -0.2) is 67.5 Å². The molecule has 0 amide bonds. The van der Waals surface area contributed by atoms with Gasteiger partial charge in [-0.3, -0.25) is 9.59 Å². The quantitative estimate of drug-likeness (QED) is 0.137. The van der Waals surface area contributed by atoms with Crippen molar-refractivity contribution in [2.75, 3.05) is 39.6 Å². The van der Waals surface area contributed by atoms with Gasteiger partial charge < -0.3 is 26.6 Å². The lowest BCUT2D eigenvalue weighted by Crippen LogP contribution is -2.46. The number of hydrogen-bond acceptors (Lipinski definition) is 8. The van der Waals surface area contributed by atoms with Crippen LogP contribution in [0.5, 0.6) is 0 Å². The minimum absolute atomic E-state index is 0.313. The van der Waals surface area contributed by atoms with E-state index >= 15 is 0 Å². The van der Waals surface area contributed by atoms with Crippen molar-refractivity contribution in [3.63, 3.8) is 0 Å². The number of thiol groups is 2. The van der Waals surface area contributed by atoms with E-state index in [2.05, 4.69) is 25.3 Å². The van der Waals surface area contributed by atoms with Crippen molar-refractivity contribution in [3.05, 3.63) is 0 Å². The summed E-state index contributed by atoms with van der Waals surface area (Å²) in [6.45, 7) is 14.4. The van der Waals surface area contributed by atoms with Gasteiger partial charge in [0, 0.05) is 63.6 Å². The van der Waals surface area contributed by atoms with Gasteiger partial charge in [-0.1, -0.05) is 0 Å². The van der Waals surface area contributed by atoms with Crippen LogP contribution in [0.4, 0.5) is 0 Å². The van der Waals surface area contributed by atoms with E-state index in [0.717, 1.165) is 0 Å². The zero-order valence-electron chi connectivity index (χ0n) is 21.8. The Hall–Kier alpha value is 0.234. The average molecular weight is 559 g/mol.